The van der Waals surface area contributed by atoms with Crippen molar-refractivity contribution in [2.75, 3.05) is 38.8 Å². The Morgan fingerprint density at radius 3 is 1.53 bits per heavy atom. The molecule has 0 aliphatic carbocycles. The molecule has 0 aromatic heterocycles. The number of amides is 2. The van der Waals surface area contributed by atoms with Crippen molar-refractivity contribution in [1.29, 1.82) is 0 Å². The Morgan fingerprint density at radius 2 is 1.14 bits per heavy atom. The Kier molecular flexibility index (Phi) is 12.7. The molecule has 0 unspecified atom stereocenters. The minimum atomic E-state index is -0.932. The summed E-state index contributed by atoms with van der Waals surface area (Å²) in [6, 6.07) is 4.66. The van der Waals surface area contributed by atoms with E-state index in [0.717, 1.165) is 24.0 Å². The molecular weight excluding hydrogens is 689 g/mol. The van der Waals surface area contributed by atoms with Crippen molar-refractivity contribution >= 4 is 57.1 Å². The van der Waals surface area contributed by atoms with Crippen molar-refractivity contribution in [2.24, 2.45) is 0 Å². The van der Waals surface area contributed by atoms with E-state index in [-0.39, 0.29) is 34.8 Å². The molecule has 12 nitrogen and oxygen atoms in total. The lowest BCUT2D eigenvalue weighted by Gasteiger charge is -2.26. The van der Waals surface area contributed by atoms with Crippen molar-refractivity contribution in [1.82, 2.24) is 20.4 Å². The van der Waals surface area contributed by atoms with Gasteiger partial charge in [0, 0.05) is 35.7 Å². The van der Waals surface area contributed by atoms with Crippen LogP contribution in [0.15, 0.2) is 34.1 Å². The van der Waals surface area contributed by atoms with Gasteiger partial charge in [-0.1, -0.05) is 45.5 Å². The first-order chi connectivity index (χ1) is 23.5. The maximum Gasteiger partial charge on any atom is 0.329 e. The van der Waals surface area contributed by atoms with Gasteiger partial charge in [-0.05, 0) is 75.9 Å². The number of phenolic OH excluding ortho intramolecular Hbond substituents is 2. The number of hydrogen-bond acceptors (Lipinski definition) is 13. The predicted molar refractivity (Wildman–Crippen MR) is 189 cm³/mol. The fourth-order valence-electron chi connectivity index (χ4n) is 6.60. The molecule has 4 atom stereocenters. The van der Waals surface area contributed by atoms with Gasteiger partial charge < -0.3 is 30.3 Å². The van der Waals surface area contributed by atoms with Crippen molar-refractivity contribution in [2.45, 2.75) is 86.6 Å². The maximum absolute atomic E-state index is 13.6. The van der Waals surface area contributed by atoms with E-state index in [9.17, 15) is 29.4 Å². The summed E-state index contributed by atoms with van der Waals surface area (Å²) in [6.45, 7) is 5.81. The maximum atomic E-state index is 13.6. The molecule has 4 N–H and O–H groups in total. The van der Waals surface area contributed by atoms with Crippen LogP contribution in [0.4, 0.5) is 0 Å². The third kappa shape index (κ3) is 8.98. The van der Waals surface area contributed by atoms with E-state index >= 15 is 0 Å². The third-order valence-corrected chi connectivity index (χ3v) is 12.5. The smallest absolute Gasteiger partial charge is 0.329 e. The van der Waals surface area contributed by atoms with Gasteiger partial charge in [0.2, 0.25) is 11.8 Å². The summed E-state index contributed by atoms with van der Waals surface area (Å²) < 4.78 is 9.97. The van der Waals surface area contributed by atoms with E-state index in [2.05, 4.69) is 10.6 Å². The average molecular weight is 733 g/mol. The van der Waals surface area contributed by atoms with Crippen LogP contribution in [0.2, 0.25) is 0 Å². The lowest BCUT2D eigenvalue weighted by Crippen LogP contribution is -2.51. The van der Waals surface area contributed by atoms with Gasteiger partial charge in [0.15, 0.2) is 0 Å². The first-order valence-corrected chi connectivity index (χ1v) is 19.6. The number of rotatable bonds is 2. The van der Waals surface area contributed by atoms with Crippen molar-refractivity contribution in [3.8, 4) is 11.5 Å². The minimum absolute atomic E-state index is 0.0832. The highest BCUT2D eigenvalue weighted by Crippen LogP contribution is 2.43. The van der Waals surface area contributed by atoms with Crippen LogP contribution in [-0.2, 0) is 41.7 Å². The molecule has 266 valence electrons. The molecule has 0 radical (unpaired) electrons. The Bertz CT molecular complexity index is 1460. The number of esters is 2. The average Bonchev–Trinajstić information content (AvgIpc) is 3.74. The summed E-state index contributed by atoms with van der Waals surface area (Å²) in [5.41, 5.74) is 3.17. The number of phenols is 2. The molecule has 5 rings (SSSR count). The van der Waals surface area contributed by atoms with Crippen LogP contribution in [0.25, 0.3) is 0 Å². The van der Waals surface area contributed by atoms with Gasteiger partial charge in [0.1, 0.15) is 23.6 Å². The molecule has 49 heavy (non-hydrogen) atoms. The number of aromatic hydroxyl groups is 2. The van der Waals surface area contributed by atoms with Crippen molar-refractivity contribution in [3.63, 3.8) is 0 Å². The molecule has 15 heteroatoms. The van der Waals surface area contributed by atoms with Crippen LogP contribution in [0.1, 0.15) is 47.9 Å². The second-order valence-electron chi connectivity index (χ2n) is 12.6. The molecule has 4 bridgehead atoms. The summed E-state index contributed by atoms with van der Waals surface area (Å²) in [4.78, 5) is 57.7. The highest BCUT2D eigenvalue weighted by molar-refractivity contribution is 8.76. The quantitative estimate of drug-likeness (QED) is 0.263. The molecule has 0 spiro atoms. The molecule has 3 aliphatic heterocycles. The molecular formula is C34H44N4O8S3. The van der Waals surface area contributed by atoms with E-state index in [4.69, 9.17) is 9.47 Å². The Morgan fingerprint density at radius 1 is 0.735 bits per heavy atom. The number of carbonyl (C=O) groups excluding carboxylic acids is 4. The number of ether oxygens (including phenoxy) is 2. The van der Waals surface area contributed by atoms with Gasteiger partial charge >= 0.3 is 11.9 Å². The van der Waals surface area contributed by atoms with Crippen LogP contribution in [0, 0.1) is 13.8 Å². The van der Waals surface area contributed by atoms with Gasteiger partial charge in [-0.2, -0.15) is 0 Å². The van der Waals surface area contributed by atoms with E-state index in [1.807, 2.05) is 47.9 Å². The molecule has 2 aromatic carbocycles. The van der Waals surface area contributed by atoms with Gasteiger partial charge in [-0.3, -0.25) is 19.4 Å². The SMILES string of the molecule is COC(=O)[C@H]1CSSC[C@H](C(=O)OC)NC(=O)[C@@H]2CCCN2Cc2cc(C)cc(c2O)Sc2cc(C)cc(c2O)CN2CCC[C@H]2C(=O)N1. The van der Waals surface area contributed by atoms with Gasteiger partial charge in [-0.25, -0.2) is 9.59 Å². The highest BCUT2D eigenvalue weighted by Gasteiger charge is 2.36. The molecule has 2 fully saturated rings. The van der Waals surface area contributed by atoms with Crippen LogP contribution >= 0.6 is 33.3 Å². The minimum Gasteiger partial charge on any atom is -0.506 e. The summed E-state index contributed by atoms with van der Waals surface area (Å²) in [5, 5.41) is 28.7. The summed E-state index contributed by atoms with van der Waals surface area (Å²) in [6.07, 6.45) is 2.74. The monoisotopic (exact) mass is 732 g/mol. The summed E-state index contributed by atoms with van der Waals surface area (Å²) in [7, 11) is 5.09. The molecule has 3 aliphatic rings. The third-order valence-electron chi connectivity index (χ3n) is 9.05. The number of benzene rings is 2. The van der Waals surface area contributed by atoms with Crippen molar-refractivity contribution < 1.29 is 38.9 Å². The first kappa shape index (κ1) is 37.2. The number of methoxy groups -OCH3 is 2. The number of aryl methyl sites for hydroxylation is 2. The normalized spacial score (nSPS) is 24.7. The summed E-state index contributed by atoms with van der Waals surface area (Å²) in [5.74, 6) is -1.27. The fourth-order valence-corrected chi connectivity index (χ4v) is 10.1. The Balaban J connectivity index is 1.49. The van der Waals surface area contributed by atoms with Gasteiger partial charge in [0.25, 0.3) is 0 Å². The number of nitrogens with zero attached hydrogens (tertiary/aromatic N) is 2. The van der Waals surface area contributed by atoms with Crippen LogP contribution < -0.4 is 10.6 Å². The van der Waals surface area contributed by atoms with Crippen LogP contribution in [0.3, 0.4) is 0 Å². The van der Waals surface area contributed by atoms with E-state index < -0.39 is 36.1 Å². The topological polar surface area (TPSA) is 158 Å². The molecule has 0 saturated carbocycles. The fraction of sp³-hybridized carbons (Fsp3) is 0.529. The van der Waals surface area contributed by atoms with Gasteiger partial charge in [-0.15, -0.1) is 0 Å². The predicted octanol–water partition coefficient (Wildman–Crippen LogP) is 3.51. The second-order valence-corrected chi connectivity index (χ2v) is 16.3. The Labute approximate surface area is 298 Å². The standard InChI is InChI=1S/C34H44N4O8S3/c1-19-11-21-15-37-9-5-7-25(37)31(41)35-23(33(43)45-3)17-47-48-18-24(34(44)46-4)36-32(42)26-8-6-10-38(26)16-22-12-20(2)14-28(30(22)40)49-27(13-19)29(21)39/h11-14,23-26,39-40H,5-10,15-18H2,1-4H3,(H,35,41)(H,36,42)/t23-,24-,25+,26+/m1/s1. The van der Waals surface area contributed by atoms with Gasteiger partial charge in [0.05, 0.1) is 36.1 Å². The van der Waals surface area contributed by atoms with Crippen molar-refractivity contribution in [3.05, 3.63) is 46.5 Å². The molecule has 2 amide bonds. The number of nitrogens with one attached hydrogen (secondary N) is 2. The van der Waals surface area contributed by atoms with E-state index in [1.54, 1.807) is 0 Å². The molecule has 2 aromatic rings. The highest BCUT2D eigenvalue weighted by atomic mass is 33.1. The largest absolute Gasteiger partial charge is 0.506 e. The number of fused-ring (bicyclic) bond motifs is 6. The zero-order chi connectivity index (χ0) is 35.2. The first-order valence-electron chi connectivity index (χ1n) is 16.3. The zero-order valence-electron chi connectivity index (χ0n) is 28.2. The zero-order valence-corrected chi connectivity index (χ0v) is 30.6. The Hall–Kier alpha value is -3.11. The second kappa shape index (κ2) is 16.7. The van der Waals surface area contributed by atoms with E-state index in [0.29, 0.717) is 59.9 Å². The molecule has 3 heterocycles. The number of hydrogen-bond donors (Lipinski definition) is 4. The summed E-state index contributed by atoms with van der Waals surface area (Å²) >= 11 is 1.27. The van der Waals surface area contributed by atoms with Crippen LogP contribution in [-0.4, -0.2) is 107 Å². The lowest BCUT2D eigenvalue weighted by molar-refractivity contribution is -0.145. The van der Waals surface area contributed by atoms with Crippen LogP contribution in [0.5, 0.6) is 11.5 Å². The number of carbonyl (C=O) groups is 4. The lowest BCUT2D eigenvalue weighted by atomic mass is 10.1. The van der Waals surface area contributed by atoms with E-state index in [1.165, 1.54) is 47.6 Å². The molecule has 2 saturated heterocycles.